The van der Waals surface area contributed by atoms with Gasteiger partial charge >= 0.3 is 7.12 Å². The molecule has 0 unspecified atom stereocenters. The predicted octanol–water partition coefficient (Wildman–Crippen LogP) is 4.14. The predicted molar refractivity (Wildman–Crippen MR) is 69.7 cm³/mol. The van der Waals surface area contributed by atoms with Gasteiger partial charge in [0.25, 0.3) is 5.85 Å². The second-order valence-electron chi connectivity index (χ2n) is 5.12. The van der Waals surface area contributed by atoms with Gasteiger partial charge in [0.15, 0.2) is 0 Å². The summed E-state index contributed by atoms with van der Waals surface area (Å²) < 4.78 is 22.7. The Kier molecular flexibility index (Phi) is 4.47. The van der Waals surface area contributed by atoms with Crippen LogP contribution >= 0.6 is 28.3 Å². The van der Waals surface area contributed by atoms with Crippen LogP contribution in [-0.2, 0) is 13.9 Å². The molecule has 0 atom stereocenters. The van der Waals surface area contributed by atoms with Gasteiger partial charge in [-0.3, -0.25) is 4.57 Å². The van der Waals surface area contributed by atoms with E-state index in [0.717, 1.165) is 0 Å². The zero-order valence-corrected chi connectivity index (χ0v) is 12.5. The minimum Gasteiger partial charge on any atom is -0.403 e. The lowest BCUT2D eigenvalue weighted by Crippen LogP contribution is -2.41. The molecule has 0 spiro atoms. The van der Waals surface area contributed by atoms with Crippen molar-refractivity contribution in [2.45, 2.75) is 51.6 Å². The molecule has 0 saturated carbocycles. The Morgan fingerprint density at radius 2 is 1.56 bits per heavy atom. The highest BCUT2D eigenvalue weighted by atomic mass is 35.9. The Balaban J connectivity index is 2.40. The average molecular weight is 287 g/mol. The van der Waals surface area contributed by atoms with Gasteiger partial charge in [0.1, 0.15) is 0 Å². The molecule has 0 N–H and O–H groups in total. The highest BCUT2D eigenvalue weighted by Crippen LogP contribution is 2.57. The van der Waals surface area contributed by atoms with Crippen molar-refractivity contribution < 1.29 is 13.9 Å². The Labute approximate surface area is 107 Å². The molecule has 1 aliphatic rings. The van der Waals surface area contributed by atoms with Crippen LogP contribution < -0.4 is 0 Å². The minimum absolute atomic E-state index is 0.259. The van der Waals surface area contributed by atoms with Crippen LogP contribution in [0, 0.1) is 0 Å². The van der Waals surface area contributed by atoms with Crippen LogP contribution in [0.3, 0.4) is 0 Å². The number of rotatable bonds is 4. The summed E-state index contributed by atoms with van der Waals surface area (Å²) in [6.45, 7) is 8.00. The molecular weight excluding hydrogens is 269 g/mol. The fourth-order valence-electron chi connectivity index (χ4n) is 1.52. The minimum atomic E-state index is -2.95. The summed E-state index contributed by atoms with van der Waals surface area (Å²) in [7, 11) is -0.259. The monoisotopic (exact) mass is 286 g/mol. The van der Waals surface area contributed by atoms with E-state index in [1.165, 1.54) is 0 Å². The Hall–Kier alpha value is 0.795. The largest absolute Gasteiger partial charge is 0.457 e. The summed E-state index contributed by atoms with van der Waals surface area (Å²) in [5, 5.41) is 0. The molecule has 0 aliphatic carbocycles. The van der Waals surface area contributed by atoms with Gasteiger partial charge in [0.05, 0.1) is 11.2 Å². The summed E-state index contributed by atoms with van der Waals surface area (Å²) in [4.78, 5) is 0. The second-order valence-corrected chi connectivity index (χ2v) is 10.5. The fraction of sp³-hybridized carbons (Fsp3) is 1.00. The molecule has 0 bridgehead atoms. The van der Waals surface area contributed by atoms with Crippen LogP contribution in [-0.4, -0.2) is 24.5 Å². The van der Waals surface area contributed by atoms with Gasteiger partial charge in [-0.15, -0.1) is 0 Å². The number of halogens is 2. The van der Waals surface area contributed by atoms with Crippen LogP contribution in [0.4, 0.5) is 0 Å². The third kappa shape index (κ3) is 3.92. The van der Waals surface area contributed by atoms with Crippen LogP contribution in [0.1, 0.15) is 34.1 Å². The van der Waals surface area contributed by atoms with E-state index >= 15 is 0 Å². The molecule has 3 nitrogen and oxygen atoms in total. The summed E-state index contributed by atoms with van der Waals surface area (Å²) in [5.74, 6) is -2.95. The first-order valence-corrected chi connectivity index (χ1v) is 9.08. The summed E-state index contributed by atoms with van der Waals surface area (Å²) in [6, 6.07) is 0. The lowest BCUT2D eigenvalue weighted by Gasteiger charge is -2.32. The maximum Gasteiger partial charge on any atom is 0.457 e. The van der Waals surface area contributed by atoms with Gasteiger partial charge in [-0.05, 0) is 62.9 Å². The first kappa shape index (κ1) is 14.9. The molecule has 0 amide bonds. The molecule has 0 aromatic rings. The van der Waals surface area contributed by atoms with E-state index < -0.39 is 5.85 Å². The normalized spacial score (nSPS) is 23.8. The Bertz CT molecular complexity index is 287. The third-order valence-electron chi connectivity index (χ3n) is 3.16. The summed E-state index contributed by atoms with van der Waals surface area (Å²) in [6.07, 6.45) is 1.61. The average Bonchev–Trinajstić information content (AvgIpc) is 2.17. The molecule has 1 fully saturated rings. The van der Waals surface area contributed by atoms with Crippen LogP contribution in [0.2, 0.25) is 6.32 Å². The van der Waals surface area contributed by atoms with Crippen molar-refractivity contribution in [3.05, 3.63) is 0 Å². The third-order valence-corrected chi connectivity index (χ3v) is 5.01. The second kappa shape index (κ2) is 4.82. The smallest absolute Gasteiger partial charge is 0.403 e. The van der Waals surface area contributed by atoms with Crippen LogP contribution in [0.5, 0.6) is 0 Å². The van der Waals surface area contributed by atoms with Gasteiger partial charge in [0, 0.05) is 6.16 Å². The zero-order chi connectivity index (χ0) is 12.6. The van der Waals surface area contributed by atoms with Crippen molar-refractivity contribution in [1.82, 2.24) is 0 Å². The molecule has 16 heavy (non-hydrogen) atoms. The van der Waals surface area contributed by atoms with E-state index in [4.69, 9.17) is 31.8 Å². The number of hydrogen-bond donors (Lipinski definition) is 0. The van der Waals surface area contributed by atoms with E-state index in [-0.39, 0.29) is 18.3 Å². The maximum absolute atomic E-state index is 11.1. The van der Waals surface area contributed by atoms with Crippen molar-refractivity contribution >= 4 is 35.4 Å². The molecule has 1 aliphatic heterocycles. The van der Waals surface area contributed by atoms with Crippen molar-refractivity contribution in [1.29, 1.82) is 0 Å². The van der Waals surface area contributed by atoms with Gasteiger partial charge in [-0.25, -0.2) is 0 Å². The SMILES string of the molecule is CC1(C)OB(CCCP(=O)(Cl)Cl)OC1(C)C. The molecule has 0 radical (unpaired) electrons. The molecule has 1 heterocycles. The van der Waals surface area contributed by atoms with E-state index in [1.807, 2.05) is 27.7 Å². The first-order chi connectivity index (χ1) is 7.04. The summed E-state index contributed by atoms with van der Waals surface area (Å²) in [5.41, 5.74) is -0.632. The maximum atomic E-state index is 11.1. The van der Waals surface area contributed by atoms with Gasteiger partial charge in [0.2, 0.25) is 0 Å². The topological polar surface area (TPSA) is 35.5 Å². The van der Waals surface area contributed by atoms with E-state index in [9.17, 15) is 4.57 Å². The van der Waals surface area contributed by atoms with Gasteiger partial charge in [-0.2, -0.15) is 0 Å². The molecule has 0 aromatic heterocycles. The first-order valence-electron chi connectivity index (χ1n) is 5.37. The molecule has 94 valence electrons. The fourth-order valence-corrected chi connectivity index (χ4v) is 2.79. The quantitative estimate of drug-likeness (QED) is 0.575. The van der Waals surface area contributed by atoms with E-state index in [2.05, 4.69) is 0 Å². The van der Waals surface area contributed by atoms with Crippen LogP contribution in [0.25, 0.3) is 0 Å². The lowest BCUT2D eigenvalue weighted by molar-refractivity contribution is 0.00578. The van der Waals surface area contributed by atoms with Gasteiger partial charge < -0.3 is 9.31 Å². The number of hydrogen-bond acceptors (Lipinski definition) is 3. The standard InChI is InChI=1S/C9H18BCl2O3P/c1-8(2)9(3,4)15-10(14-8)6-5-7-16(11,12)13/h5-7H2,1-4H3. The molecule has 0 aromatic carbocycles. The van der Waals surface area contributed by atoms with Crippen molar-refractivity contribution in [3.8, 4) is 0 Å². The van der Waals surface area contributed by atoms with Crippen molar-refractivity contribution in [2.75, 3.05) is 6.16 Å². The Morgan fingerprint density at radius 1 is 1.12 bits per heavy atom. The molecule has 1 saturated heterocycles. The molecule has 1 rings (SSSR count). The van der Waals surface area contributed by atoms with E-state index in [0.29, 0.717) is 18.9 Å². The Morgan fingerprint density at radius 3 is 1.94 bits per heavy atom. The highest BCUT2D eigenvalue weighted by molar-refractivity contribution is 8.08. The summed E-state index contributed by atoms with van der Waals surface area (Å²) >= 11 is 10.9. The van der Waals surface area contributed by atoms with E-state index in [1.54, 1.807) is 0 Å². The lowest BCUT2D eigenvalue weighted by atomic mass is 9.83. The molecule has 7 heteroatoms. The zero-order valence-electron chi connectivity index (χ0n) is 10.1. The van der Waals surface area contributed by atoms with Crippen LogP contribution in [0.15, 0.2) is 0 Å². The van der Waals surface area contributed by atoms with Crippen molar-refractivity contribution in [2.24, 2.45) is 0 Å². The van der Waals surface area contributed by atoms with Gasteiger partial charge in [-0.1, -0.05) is 0 Å². The van der Waals surface area contributed by atoms with Crippen molar-refractivity contribution in [3.63, 3.8) is 0 Å². The molecular formula is C9H18BCl2O3P. The highest BCUT2D eigenvalue weighted by Gasteiger charge is 2.50.